The molecule has 1 unspecified atom stereocenters. The van der Waals surface area contributed by atoms with Crippen molar-refractivity contribution in [3.8, 4) is 0 Å². The summed E-state index contributed by atoms with van der Waals surface area (Å²) in [6.07, 6.45) is -1.17. The van der Waals surface area contributed by atoms with E-state index >= 15 is 0 Å². The molecular weight excluding hydrogens is 294 g/mol. The Hall–Kier alpha value is -1.65. The highest BCUT2D eigenvalue weighted by atomic mass is 79.9. The van der Waals surface area contributed by atoms with Crippen LogP contribution in [0.25, 0.3) is 0 Å². The molecule has 0 aromatic heterocycles. The highest BCUT2D eigenvalue weighted by Crippen LogP contribution is 2.18. The fourth-order valence-corrected chi connectivity index (χ4v) is 1.79. The van der Waals surface area contributed by atoms with Gasteiger partial charge in [0.1, 0.15) is 0 Å². The highest BCUT2D eigenvalue weighted by molar-refractivity contribution is 9.10. The Labute approximate surface area is 114 Å². The first-order valence-electron chi connectivity index (χ1n) is 5.46. The molecule has 0 aliphatic rings. The van der Waals surface area contributed by atoms with Crippen LogP contribution in [0.5, 0.6) is 0 Å². The third-order valence-corrected chi connectivity index (χ3v) is 3.00. The molecule has 2 aromatic rings. The molecule has 3 nitrogen and oxygen atoms in total. The summed E-state index contributed by atoms with van der Waals surface area (Å²) >= 11 is 3.30. The lowest BCUT2D eigenvalue weighted by atomic mass is 10.1. The summed E-state index contributed by atoms with van der Waals surface area (Å²) in [5.41, 5.74) is 1.23. The van der Waals surface area contributed by atoms with E-state index in [1.165, 1.54) is 0 Å². The van der Waals surface area contributed by atoms with Gasteiger partial charge in [0.25, 0.3) is 5.91 Å². The fraction of sp³-hybridized carbons (Fsp3) is 0.0714. The third-order valence-electron chi connectivity index (χ3n) is 2.48. The van der Waals surface area contributed by atoms with Crippen LogP contribution in [-0.4, -0.2) is 11.0 Å². The van der Waals surface area contributed by atoms with Gasteiger partial charge in [0, 0.05) is 10.2 Å². The van der Waals surface area contributed by atoms with E-state index in [1.807, 2.05) is 18.2 Å². The van der Waals surface area contributed by atoms with Crippen LogP contribution in [0, 0.1) is 0 Å². The number of carbonyl (C=O) groups is 1. The van der Waals surface area contributed by atoms with Gasteiger partial charge in [-0.1, -0.05) is 46.3 Å². The fourth-order valence-electron chi connectivity index (χ4n) is 1.53. The zero-order valence-corrected chi connectivity index (χ0v) is 11.1. The van der Waals surface area contributed by atoms with Crippen LogP contribution < -0.4 is 5.32 Å². The second kappa shape index (κ2) is 5.80. The first-order chi connectivity index (χ1) is 8.66. The van der Waals surface area contributed by atoms with E-state index < -0.39 is 12.0 Å². The van der Waals surface area contributed by atoms with Crippen molar-refractivity contribution >= 4 is 27.5 Å². The smallest absolute Gasteiger partial charge is 0.257 e. The minimum Gasteiger partial charge on any atom is -0.378 e. The van der Waals surface area contributed by atoms with Crippen LogP contribution in [0.2, 0.25) is 0 Å². The maximum atomic E-state index is 11.8. The molecular formula is C14H12BrNO2. The molecule has 0 heterocycles. The summed E-state index contributed by atoms with van der Waals surface area (Å²) in [6.45, 7) is 0. The van der Waals surface area contributed by atoms with Gasteiger partial charge in [-0.2, -0.15) is 0 Å². The molecule has 2 N–H and O–H groups in total. The highest BCUT2D eigenvalue weighted by Gasteiger charge is 2.16. The van der Waals surface area contributed by atoms with E-state index in [2.05, 4.69) is 21.2 Å². The number of hydrogen-bond donors (Lipinski definition) is 2. The maximum absolute atomic E-state index is 11.8. The van der Waals surface area contributed by atoms with Crippen LogP contribution in [0.1, 0.15) is 11.7 Å². The molecule has 18 heavy (non-hydrogen) atoms. The van der Waals surface area contributed by atoms with Gasteiger partial charge in [-0.15, -0.1) is 0 Å². The summed E-state index contributed by atoms with van der Waals surface area (Å²) in [4.78, 5) is 11.8. The third kappa shape index (κ3) is 3.18. The molecule has 1 amide bonds. The second-order valence-corrected chi connectivity index (χ2v) is 4.73. The zero-order chi connectivity index (χ0) is 13.0. The van der Waals surface area contributed by atoms with E-state index in [4.69, 9.17) is 0 Å². The molecule has 0 fully saturated rings. The first-order valence-corrected chi connectivity index (χ1v) is 6.25. The monoisotopic (exact) mass is 305 g/mol. The summed E-state index contributed by atoms with van der Waals surface area (Å²) in [5.74, 6) is -0.441. The van der Waals surface area contributed by atoms with Gasteiger partial charge >= 0.3 is 0 Å². The lowest BCUT2D eigenvalue weighted by molar-refractivity contribution is -0.124. The van der Waals surface area contributed by atoms with E-state index in [-0.39, 0.29) is 0 Å². The second-order valence-electron chi connectivity index (χ2n) is 3.81. The molecule has 2 aromatic carbocycles. The van der Waals surface area contributed by atoms with Crippen LogP contribution in [-0.2, 0) is 4.79 Å². The number of para-hydroxylation sites is 1. The van der Waals surface area contributed by atoms with Crippen LogP contribution in [0.15, 0.2) is 59.1 Å². The van der Waals surface area contributed by atoms with Crippen molar-refractivity contribution in [3.63, 3.8) is 0 Å². The predicted octanol–water partition coefficient (Wildman–Crippen LogP) is 3.12. The molecule has 0 saturated carbocycles. The van der Waals surface area contributed by atoms with Gasteiger partial charge in [-0.3, -0.25) is 4.79 Å². The minimum atomic E-state index is -1.17. The largest absolute Gasteiger partial charge is 0.378 e. The quantitative estimate of drug-likeness (QED) is 0.915. The Kier molecular flexibility index (Phi) is 4.12. The first kappa shape index (κ1) is 12.8. The van der Waals surface area contributed by atoms with Gasteiger partial charge in [0.05, 0.1) is 0 Å². The minimum absolute atomic E-state index is 0.441. The standard InChI is InChI=1S/C14H12BrNO2/c15-11-8-6-10(7-9-11)13(17)14(18)16-12-4-2-1-3-5-12/h1-9,13,17H,(H,16,18). The van der Waals surface area contributed by atoms with E-state index in [0.29, 0.717) is 11.3 Å². The van der Waals surface area contributed by atoms with Gasteiger partial charge < -0.3 is 10.4 Å². The molecule has 0 radical (unpaired) electrons. The Morgan fingerprint density at radius 1 is 1.06 bits per heavy atom. The summed E-state index contributed by atoms with van der Waals surface area (Å²) in [7, 11) is 0. The van der Waals surface area contributed by atoms with Crippen molar-refractivity contribution < 1.29 is 9.90 Å². The Morgan fingerprint density at radius 3 is 2.28 bits per heavy atom. The lowest BCUT2D eigenvalue weighted by Crippen LogP contribution is -2.20. The molecule has 1 atom stereocenters. The van der Waals surface area contributed by atoms with Crippen molar-refractivity contribution in [2.45, 2.75) is 6.10 Å². The number of aliphatic hydroxyl groups is 1. The van der Waals surface area contributed by atoms with Crippen LogP contribution in [0.3, 0.4) is 0 Å². The van der Waals surface area contributed by atoms with Crippen LogP contribution in [0.4, 0.5) is 5.69 Å². The topological polar surface area (TPSA) is 49.3 Å². The summed E-state index contributed by atoms with van der Waals surface area (Å²) in [5, 5.41) is 12.6. The van der Waals surface area contributed by atoms with Gasteiger partial charge in [-0.05, 0) is 29.8 Å². The lowest BCUT2D eigenvalue weighted by Gasteiger charge is -2.11. The molecule has 0 spiro atoms. The molecule has 4 heteroatoms. The number of rotatable bonds is 3. The van der Waals surface area contributed by atoms with Crippen molar-refractivity contribution in [2.24, 2.45) is 0 Å². The number of hydrogen-bond acceptors (Lipinski definition) is 2. The van der Waals surface area contributed by atoms with E-state index in [9.17, 15) is 9.90 Å². The Bertz CT molecular complexity index is 525. The van der Waals surface area contributed by atoms with Crippen molar-refractivity contribution in [2.75, 3.05) is 5.32 Å². The van der Waals surface area contributed by atoms with Crippen molar-refractivity contribution in [3.05, 3.63) is 64.6 Å². The maximum Gasteiger partial charge on any atom is 0.257 e. The summed E-state index contributed by atoms with van der Waals surface area (Å²) < 4.78 is 0.905. The Morgan fingerprint density at radius 2 is 1.67 bits per heavy atom. The normalized spacial score (nSPS) is 11.9. The number of benzene rings is 2. The number of amides is 1. The van der Waals surface area contributed by atoms with Gasteiger partial charge in [-0.25, -0.2) is 0 Å². The van der Waals surface area contributed by atoms with Crippen LogP contribution >= 0.6 is 15.9 Å². The molecule has 0 saturated heterocycles. The molecule has 92 valence electrons. The molecule has 0 aliphatic carbocycles. The summed E-state index contributed by atoms with van der Waals surface area (Å²) in [6, 6.07) is 16.0. The average Bonchev–Trinajstić information content (AvgIpc) is 2.40. The van der Waals surface area contributed by atoms with Gasteiger partial charge in [0.2, 0.25) is 0 Å². The SMILES string of the molecule is O=C(Nc1ccccc1)C(O)c1ccc(Br)cc1. The van der Waals surface area contributed by atoms with Crippen molar-refractivity contribution in [1.29, 1.82) is 0 Å². The molecule has 0 bridgehead atoms. The number of anilines is 1. The number of carbonyl (C=O) groups excluding carboxylic acids is 1. The predicted molar refractivity (Wildman–Crippen MR) is 74.2 cm³/mol. The molecule has 2 rings (SSSR count). The zero-order valence-electron chi connectivity index (χ0n) is 9.51. The van der Waals surface area contributed by atoms with E-state index in [0.717, 1.165) is 4.47 Å². The number of aliphatic hydroxyl groups excluding tert-OH is 1. The molecule has 0 aliphatic heterocycles. The van der Waals surface area contributed by atoms with E-state index in [1.54, 1.807) is 36.4 Å². The average molecular weight is 306 g/mol. The Balaban J connectivity index is 2.07. The van der Waals surface area contributed by atoms with Gasteiger partial charge in [0.15, 0.2) is 6.10 Å². The number of nitrogens with one attached hydrogen (secondary N) is 1. The number of halogens is 1. The van der Waals surface area contributed by atoms with Crippen molar-refractivity contribution in [1.82, 2.24) is 0 Å².